The number of rotatable bonds is 3. The summed E-state index contributed by atoms with van der Waals surface area (Å²) >= 11 is 0. The van der Waals surface area contributed by atoms with Gasteiger partial charge in [-0.2, -0.15) is 9.29 Å². The van der Waals surface area contributed by atoms with Gasteiger partial charge in [-0.1, -0.05) is 12.1 Å². The van der Waals surface area contributed by atoms with Crippen LogP contribution in [0, 0.1) is 0 Å². The van der Waals surface area contributed by atoms with E-state index in [0.717, 1.165) is 36.9 Å². The van der Waals surface area contributed by atoms with Gasteiger partial charge in [0.25, 0.3) is 6.01 Å². The van der Waals surface area contributed by atoms with Crippen molar-refractivity contribution in [3.63, 3.8) is 0 Å². The van der Waals surface area contributed by atoms with Crippen LogP contribution in [0.2, 0.25) is 0 Å². The van der Waals surface area contributed by atoms with Crippen molar-refractivity contribution in [2.24, 2.45) is 0 Å². The van der Waals surface area contributed by atoms with Gasteiger partial charge in [-0.05, 0) is 31.4 Å². The molecule has 1 saturated heterocycles. The van der Waals surface area contributed by atoms with E-state index in [2.05, 4.69) is 4.98 Å². The lowest BCUT2D eigenvalue weighted by Gasteiger charge is -2.20. The van der Waals surface area contributed by atoms with Gasteiger partial charge in [-0.3, -0.25) is 0 Å². The van der Waals surface area contributed by atoms with Crippen LogP contribution >= 0.6 is 0 Å². The van der Waals surface area contributed by atoms with Gasteiger partial charge in [-0.15, -0.1) is 0 Å². The van der Waals surface area contributed by atoms with E-state index in [1.807, 2.05) is 29.2 Å². The molecule has 2 heterocycles. The zero-order valence-corrected chi connectivity index (χ0v) is 13.1. The van der Waals surface area contributed by atoms with E-state index < -0.39 is 10.0 Å². The molecule has 0 amide bonds. The quantitative estimate of drug-likeness (QED) is 0.863. The fourth-order valence-corrected chi connectivity index (χ4v) is 4.78. The SMILES string of the molecule is O=S(=O)(C1CC1)N1CCCN(c2nc3ccccc3o2)CC1. The fraction of sp³-hybridized carbons (Fsp3) is 0.533. The van der Waals surface area contributed by atoms with Crippen molar-refractivity contribution in [3.8, 4) is 0 Å². The Kier molecular flexibility index (Phi) is 3.34. The van der Waals surface area contributed by atoms with Crippen LogP contribution in [-0.4, -0.2) is 49.1 Å². The Bertz CT molecular complexity index is 749. The predicted octanol–water partition coefficient (Wildman–Crippen LogP) is 1.83. The number of fused-ring (bicyclic) bond motifs is 1. The van der Waals surface area contributed by atoms with Crippen LogP contribution in [0.15, 0.2) is 28.7 Å². The number of aromatic nitrogens is 1. The van der Waals surface area contributed by atoms with Crippen LogP contribution in [0.1, 0.15) is 19.3 Å². The third-order valence-electron chi connectivity index (χ3n) is 4.31. The van der Waals surface area contributed by atoms with Gasteiger partial charge in [-0.25, -0.2) is 8.42 Å². The Morgan fingerprint density at radius 2 is 1.91 bits per heavy atom. The summed E-state index contributed by atoms with van der Waals surface area (Å²) in [6.45, 7) is 2.50. The topological polar surface area (TPSA) is 66.7 Å². The van der Waals surface area contributed by atoms with Gasteiger partial charge in [0.15, 0.2) is 5.58 Å². The minimum absolute atomic E-state index is 0.136. The summed E-state index contributed by atoms with van der Waals surface area (Å²) in [5, 5.41) is -0.136. The van der Waals surface area contributed by atoms with E-state index in [1.165, 1.54) is 0 Å². The number of para-hydroxylation sites is 2. The molecule has 0 unspecified atom stereocenters. The molecule has 1 aromatic carbocycles. The molecule has 0 spiro atoms. The van der Waals surface area contributed by atoms with Crippen LogP contribution < -0.4 is 4.90 Å². The minimum Gasteiger partial charge on any atom is -0.423 e. The first-order chi connectivity index (χ1) is 10.6. The number of benzene rings is 1. The molecule has 0 radical (unpaired) electrons. The first kappa shape index (κ1) is 14.0. The fourth-order valence-electron chi connectivity index (χ4n) is 2.91. The molecule has 1 aliphatic heterocycles. The average molecular weight is 321 g/mol. The molecule has 0 bridgehead atoms. The highest BCUT2D eigenvalue weighted by atomic mass is 32.2. The van der Waals surface area contributed by atoms with E-state index >= 15 is 0 Å². The molecule has 118 valence electrons. The first-order valence-electron chi connectivity index (χ1n) is 7.74. The van der Waals surface area contributed by atoms with Crippen LogP contribution in [0.5, 0.6) is 0 Å². The second kappa shape index (κ2) is 5.24. The van der Waals surface area contributed by atoms with E-state index in [0.29, 0.717) is 25.6 Å². The molecule has 7 heteroatoms. The van der Waals surface area contributed by atoms with Gasteiger partial charge in [0.1, 0.15) is 5.52 Å². The van der Waals surface area contributed by atoms with E-state index in [4.69, 9.17) is 4.42 Å². The Morgan fingerprint density at radius 1 is 1.09 bits per heavy atom. The summed E-state index contributed by atoms with van der Waals surface area (Å²) in [5.41, 5.74) is 1.61. The second-order valence-electron chi connectivity index (χ2n) is 5.95. The molecule has 4 rings (SSSR count). The summed E-state index contributed by atoms with van der Waals surface area (Å²) in [5.74, 6) is 0. The Morgan fingerprint density at radius 3 is 2.68 bits per heavy atom. The van der Waals surface area contributed by atoms with Crippen molar-refractivity contribution in [1.82, 2.24) is 9.29 Å². The number of oxazole rings is 1. The maximum Gasteiger partial charge on any atom is 0.298 e. The molecule has 1 aliphatic carbocycles. The summed E-state index contributed by atoms with van der Waals surface area (Å²) < 4.78 is 32.1. The normalized spacial score (nSPS) is 21.2. The van der Waals surface area contributed by atoms with Crippen molar-refractivity contribution >= 4 is 27.1 Å². The second-order valence-corrected chi connectivity index (χ2v) is 8.16. The zero-order valence-electron chi connectivity index (χ0n) is 12.3. The number of sulfonamides is 1. The molecule has 0 N–H and O–H groups in total. The number of anilines is 1. The maximum absolute atomic E-state index is 12.4. The number of hydrogen-bond acceptors (Lipinski definition) is 5. The van der Waals surface area contributed by atoms with Gasteiger partial charge in [0.2, 0.25) is 10.0 Å². The van der Waals surface area contributed by atoms with E-state index in [1.54, 1.807) is 4.31 Å². The van der Waals surface area contributed by atoms with E-state index in [9.17, 15) is 8.42 Å². The molecule has 1 aromatic heterocycles. The molecule has 0 atom stereocenters. The Labute approximate surface area is 129 Å². The highest BCUT2D eigenvalue weighted by molar-refractivity contribution is 7.90. The lowest BCUT2D eigenvalue weighted by molar-refractivity contribution is 0.431. The van der Waals surface area contributed by atoms with Gasteiger partial charge in [0, 0.05) is 26.2 Å². The zero-order chi connectivity index (χ0) is 15.2. The van der Waals surface area contributed by atoms with Gasteiger partial charge >= 0.3 is 0 Å². The lowest BCUT2D eigenvalue weighted by Crippen LogP contribution is -2.37. The predicted molar refractivity (Wildman–Crippen MR) is 84.4 cm³/mol. The third-order valence-corrected chi connectivity index (χ3v) is 6.71. The first-order valence-corrected chi connectivity index (χ1v) is 9.24. The highest BCUT2D eigenvalue weighted by Gasteiger charge is 2.40. The standard InChI is InChI=1S/C15H19N3O3S/c19-22(20,12-6-7-12)18-9-3-8-17(10-11-18)15-16-13-4-1-2-5-14(13)21-15/h1-2,4-5,12H,3,6-11H2. The molecular formula is C15H19N3O3S. The molecule has 2 fully saturated rings. The molecule has 2 aromatic rings. The van der Waals surface area contributed by atoms with Crippen molar-refractivity contribution in [2.75, 3.05) is 31.1 Å². The maximum atomic E-state index is 12.4. The third kappa shape index (κ3) is 2.48. The van der Waals surface area contributed by atoms with Crippen molar-refractivity contribution < 1.29 is 12.8 Å². The van der Waals surface area contributed by atoms with Crippen LogP contribution in [-0.2, 0) is 10.0 Å². The molecule has 2 aliphatic rings. The molecule has 1 saturated carbocycles. The van der Waals surface area contributed by atoms with Crippen molar-refractivity contribution in [2.45, 2.75) is 24.5 Å². The molecule has 22 heavy (non-hydrogen) atoms. The van der Waals surface area contributed by atoms with Gasteiger partial charge < -0.3 is 9.32 Å². The Hall–Kier alpha value is -1.60. The summed E-state index contributed by atoms with van der Waals surface area (Å²) in [6.07, 6.45) is 2.42. The largest absolute Gasteiger partial charge is 0.423 e. The lowest BCUT2D eigenvalue weighted by atomic mass is 10.3. The summed E-state index contributed by atoms with van der Waals surface area (Å²) in [6, 6.07) is 8.26. The smallest absolute Gasteiger partial charge is 0.298 e. The minimum atomic E-state index is -3.09. The van der Waals surface area contributed by atoms with E-state index in [-0.39, 0.29) is 5.25 Å². The highest BCUT2D eigenvalue weighted by Crippen LogP contribution is 2.32. The van der Waals surface area contributed by atoms with Gasteiger partial charge in [0.05, 0.1) is 5.25 Å². The summed E-state index contributed by atoms with van der Waals surface area (Å²) in [4.78, 5) is 6.55. The van der Waals surface area contributed by atoms with Crippen molar-refractivity contribution in [3.05, 3.63) is 24.3 Å². The number of hydrogen-bond donors (Lipinski definition) is 0. The molecule has 6 nitrogen and oxygen atoms in total. The monoisotopic (exact) mass is 321 g/mol. The van der Waals surface area contributed by atoms with Crippen LogP contribution in [0.3, 0.4) is 0 Å². The summed E-state index contributed by atoms with van der Waals surface area (Å²) in [7, 11) is -3.09. The van der Waals surface area contributed by atoms with Crippen LogP contribution in [0.25, 0.3) is 11.1 Å². The Balaban J connectivity index is 1.52. The van der Waals surface area contributed by atoms with Crippen LogP contribution in [0.4, 0.5) is 6.01 Å². The van der Waals surface area contributed by atoms with Crippen molar-refractivity contribution in [1.29, 1.82) is 0 Å². The average Bonchev–Trinajstić information content (AvgIpc) is 3.31. The molecular weight excluding hydrogens is 302 g/mol. The number of nitrogens with zero attached hydrogens (tertiary/aromatic N) is 3.